The van der Waals surface area contributed by atoms with E-state index in [0.29, 0.717) is 17.4 Å². The van der Waals surface area contributed by atoms with Gasteiger partial charge in [0.05, 0.1) is 17.5 Å². The molecule has 1 saturated carbocycles. The molecule has 6 heteroatoms. The molecule has 0 spiro atoms. The van der Waals surface area contributed by atoms with Crippen LogP contribution < -0.4 is 5.32 Å². The number of pyridine rings is 1. The van der Waals surface area contributed by atoms with Gasteiger partial charge in [0.25, 0.3) is 5.91 Å². The molecule has 5 nitrogen and oxygen atoms in total. The van der Waals surface area contributed by atoms with E-state index in [0.717, 1.165) is 47.8 Å². The summed E-state index contributed by atoms with van der Waals surface area (Å²) in [6, 6.07) is 14.5. The maximum atomic E-state index is 13.9. The van der Waals surface area contributed by atoms with E-state index in [1.807, 2.05) is 54.3 Å². The van der Waals surface area contributed by atoms with Gasteiger partial charge in [-0.2, -0.15) is 0 Å². The fourth-order valence-corrected chi connectivity index (χ4v) is 5.19. The summed E-state index contributed by atoms with van der Waals surface area (Å²) >= 11 is 0. The number of aromatic nitrogens is 3. The summed E-state index contributed by atoms with van der Waals surface area (Å²) in [5.41, 5.74) is 4.57. The monoisotopic (exact) mass is 456 g/mol. The largest absolute Gasteiger partial charge is 0.349 e. The van der Waals surface area contributed by atoms with Crippen molar-refractivity contribution in [1.29, 1.82) is 0 Å². The Balaban J connectivity index is 1.20. The number of hydrogen-bond acceptors (Lipinski definition) is 3. The Morgan fingerprint density at radius 3 is 2.53 bits per heavy atom. The van der Waals surface area contributed by atoms with E-state index in [1.165, 1.54) is 11.6 Å². The molecule has 2 aromatic carbocycles. The molecule has 1 atom stereocenters. The van der Waals surface area contributed by atoms with Crippen molar-refractivity contribution in [3.63, 3.8) is 0 Å². The number of rotatable bonds is 5. The highest BCUT2D eigenvalue weighted by atomic mass is 19.1. The Labute approximate surface area is 199 Å². The van der Waals surface area contributed by atoms with Gasteiger partial charge in [0.2, 0.25) is 0 Å². The summed E-state index contributed by atoms with van der Waals surface area (Å²) < 4.78 is 15.8. The SMILES string of the molecule is CC(NC(=O)c1ccc(-c2cn(C)cn2)cc1)[C@H]1CC[C@@H](c2ccnc3ccc(F)cc32)CC1. The molecule has 2 heterocycles. The second-order valence-electron chi connectivity index (χ2n) is 9.44. The molecule has 0 aliphatic heterocycles. The Bertz CT molecular complexity index is 1310. The fraction of sp³-hybridized carbons (Fsp3) is 0.321. The van der Waals surface area contributed by atoms with Gasteiger partial charge in [-0.3, -0.25) is 9.78 Å². The third kappa shape index (κ3) is 4.58. The first-order valence-electron chi connectivity index (χ1n) is 11.9. The van der Waals surface area contributed by atoms with E-state index < -0.39 is 0 Å². The second-order valence-corrected chi connectivity index (χ2v) is 9.44. The fourth-order valence-electron chi connectivity index (χ4n) is 5.19. The first-order chi connectivity index (χ1) is 16.5. The number of carbonyl (C=O) groups excluding carboxylic acids is 1. The van der Waals surface area contributed by atoms with Crippen LogP contribution in [0.15, 0.2) is 67.3 Å². The van der Waals surface area contributed by atoms with E-state index in [2.05, 4.69) is 22.2 Å². The van der Waals surface area contributed by atoms with Crippen LogP contribution in [0.2, 0.25) is 0 Å². The van der Waals surface area contributed by atoms with Gasteiger partial charge in [0.15, 0.2) is 0 Å². The number of hydrogen-bond donors (Lipinski definition) is 1. The highest BCUT2D eigenvalue weighted by Crippen LogP contribution is 2.39. The molecule has 0 bridgehead atoms. The topological polar surface area (TPSA) is 59.8 Å². The number of fused-ring (bicyclic) bond motifs is 1. The van der Waals surface area contributed by atoms with Crippen LogP contribution in [-0.2, 0) is 7.05 Å². The molecule has 0 radical (unpaired) electrons. The lowest BCUT2D eigenvalue weighted by molar-refractivity contribution is 0.0918. The number of aryl methyl sites for hydroxylation is 1. The second kappa shape index (κ2) is 9.37. The minimum atomic E-state index is -0.222. The Morgan fingerprint density at radius 2 is 1.82 bits per heavy atom. The highest BCUT2D eigenvalue weighted by molar-refractivity contribution is 5.94. The number of nitrogens with one attached hydrogen (secondary N) is 1. The molecule has 1 aliphatic rings. The Kier molecular flexibility index (Phi) is 6.14. The van der Waals surface area contributed by atoms with Gasteiger partial charge in [-0.15, -0.1) is 0 Å². The summed E-state index contributed by atoms with van der Waals surface area (Å²) in [7, 11) is 1.94. The normalized spacial score (nSPS) is 19.1. The van der Waals surface area contributed by atoms with Crippen molar-refractivity contribution < 1.29 is 9.18 Å². The predicted octanol–water partition coefficient (Wildman–Crippen LogP) is 5.87. The van der Waals surface area contributed by atoms with Gasteiger partial charge in [0.1, 0.15) is 5.82 Å². The summed E-state index contributed by atoms with van der Waals surface area (Å²) in [6.45, 7) is 2.10. The summed E-state index contributed by atoms with van der Waals surface area (Å²) in [6.07, 6.45) is 9.66. The minimum Gasteiger partial charge on any atom is -0.349 e. The number of halogens is 1. The molecule has 1 amide bonds. The number of nitrogens with zero attached hydrogens (tertiary/aromatic N) is 3. The predicted molar refractivity (Wildman–Crippen MR) is 132 cm³/mol. The third-order valence-electron chi connectivity index (χ3n) is 7.16. The van der Waals surface area contributed by atoms with Crippen molar-refractivity contribution in [1.82, 2.24) is 19.9 Å². The van der Waals surface area contributed by atoms with Crippen LogP contribution in [0.1, 0.15) is 54.4 Å². The smallest absolute Gasteiger partial charge is 0.251 e. The van der Waals surface area contributed by atoms with Gasteiger partial charge in [-0.25, -0.2) is 9.37 Å². The van der Waals surface area contributed by atoms with Gasteiger partial charge in [0, 0.05) is 42.0 Å². The lowest BCUT2D eigenvalue weighted by atomic mass is 9.75. The maximum Gasteiger partial charge on any atom is 0.251 e. The third-order valence-corrected chi connectivity index (χ3v) is 7.16. The van der Waals surface area contributed by atoms with Crippen molar-refractivity contribution >= 4 is 16.8 Å². The molecule has 0 saturated heterocycles. The van der Waals surface area contributed by atoms with Crippen molar-refractivity contribution in [3.05, 3.63) is 84.2 Å². The van der Waals surface area contributed by atoms with Crippen LogP contribution >= 0.6 is 0 Å². The summed E-state index contributed by atoms with van der Waals surface area (Å²) in [5, 5.41) is 4.12. The van der Waals surface area contributed by atoms with E-state index in [4.69, 9.17) is 0 Å². The summed E-state index contributed by atoms with van der Waals surface area (Å²) in [4.78, 5) is 21.6. The van der Waals surface area contributed by atoms with Crippen LogP contribution in [0.4, 0.5) is 4.39 Å². The zero-order valence-corrected chi connectivity index (χ0v) is 19.5. The molecule has 34 heavy (non-hydrogen) atoms. The molecule has 1 fully saturated rings. The molecule has 5 rings (SSSR count). The van der Waals surface area contributed by atoms with Gasteiger partial charge in [-0.1, -0.05) is 12.1 Å². The average molecular weight is 457 g/mol. The first kappa shape index (κ1) is 22.3. The zero-order chi connectivity index (χ0) is 23.7. The maximum absolute atomic E-state index is 13.9. The Morgan fingerprint density at radius 1 is 1.06 bits per heavy atom. The number of benzene rings is 2. The standard InChI is InChI=1S/C28H29FN4O/c1-18(32-28(34)22-9-7-21(8-10-22)27-16-33(2)17-31-27)19-3-5-20(6-4-19)24-13-14-30-26-12-11-23(29)15-25(24)26/h7-20H,3-6H2,1-2H3,(H,32,34)/t18?,19-,20+. The molecular formula is C28H29FN4O. The average Bonchev–Trinajstić information content (AvgIpc) is 3.30. The molecule has 1 aliphatic carbocycles. The quantitative estimate of drug-likeness (QED) is 0.409. The van der Waals surface area contributed by atoms with Crippen LogP contribution in [0.5, 0.6) is 0 Å². The van der Waals surface area contributed by atoms with Crippen LogP contribution in [0.25, 0.3) is 22.2 Å². The van der Waals surface area contributed by atoms with Crippen LogP contribution in [-0.4, -0.2) is 26.5 Å². The first-order valence-corrected chi connectivity index (χ1v) is 11.9. The lowest BCUT2D eigenvalue weighted by Gasteiger charge is -2.33. The Hall–Kier alpha value is -3.54. The molecule has 1 unspecified atom stereocenters. The van der Waals surface area contributed by atoms with Gasteiger partial charge < -0.3 is 9.88 Å². The van der Waals surface area contributed by atoms with Crippen molar-refractivity contribution in [2.45, 2.75) is 44.6 Å². The van der Waals surface area contributed by atoms with Crippen molar-refractivity contribution in [2.24, 2.45) is 13.0 Å². The van der Waals surface area contributed by atoms with E-state index >= 15 is 0 Å². The van der Waals surface area contributed by atoms with E-state index in [9.17, 15) is 9.18 Å². The number of amides is 1. The molecular weight excluding hydrogens is 427 g/mol. The zero-order valence-electron chi connectivity index (χ0n) is 19.5. The van der Waals surface area contributed by atoms with Gasteiger partial charge >= 0.3 is 0 Å². The lowest BCUT2D eigenvalue weighted by Crippen LogP contribution is -2.39. The van der Waals surface area contributed by atoms with Crippen molar-refractivity contribution in [3.8, 4) is 11.3 Å². The number of carbonyl (C=O) groups is 1. The van der Waals surface area contributed by atoms with Gasteiger partial charge in [-0.05, 0) is 86.4 Å². The van der Waals surface area contributed by atoms with E-state index in [-0.39, 0.29) is 17.8 Å². The highest BCUT2D eigenvalue weighted by Gasteiger charge is 2.28. The number of imidazole rings is 1. The molecule has 1 N–H and O–H groups in total. The summed E-state index contributed by atoms with van der Waals surface area (Å²) in [5.74, 6) is 0.557. The van der Waals surface area contributed by atoms with Crippen LogP contribution in [0.3, 0.4) is 0 Å². The molecule has 4 aromatic rings. The minimum absolute atomic E-state index is 0.0437. The molecule has 2 aromatic heterocycles. The van der Waals surface area contributed by atoms with Crippen molar-refractivity contribution in [2.75, 3.05) is 0 Å². The molecule has 174 valence electrons. The van der Waals surface area contributed by atoms with E-state index in [1.54, 1.807) is 18.5 Å². The van der Waals surface area contributed by atoms with Crippen LogP contribution in [0, 0.1) is 11.7 Å².